The van der Waals surface area contributed by atoms with Crippen molar-refractivity contribution in [3.63, 3.8) is 0 Å². The molecule has 0 saturated carbocycles. The van der Waals surface area contributed by atoms with E-state index in [0.717, 1.165) is 15.9 Å². The van der Waals surface area contributed by atoms with E-state index in [1.165, 1.54) is 37.2 Å². The van der Waals surface area contributed by atoms with Crippen molar-refractivity contribution in [2.75, 3.05) is 31.5 Å². The summed E-state index contributed by atoms with van der Waals surface area (Å²) in [5.74, 6) is -1.79. The molecular weight excluding hydrogens is 435 g/mol. The van der Waals surface area contributed by atoms with Gasteiger partial charge in [-0.15, -0.1) is 0 Å². The minimum atomic E-state index is -4.19. The number of halogens is 1. The van der Waals surface area contributed by atoms with Crippen LogP contribution < -0.4 is 9.62 Å². The fourth-order valence-electron chi connectivity index (χ4n) is 3.04. The summed E-state index contributed by atoms with van der Waals surface area (Å²) in [6.45, 7) is 3.13. The number of hydrogen-bond acceptors (Lipinski definition) is 4. The molecule has 0 aliphatic heterocycles. The van der Waals surface area contributed by atoms with Gasteiger partial charge in [-0.25, -0.2) is 8.70 Å². The lowest BCUT2D eigenvalue weighted by Crippen LogP contribution is -2.52. The molecule has 0 saturated heterocycles. The SMILES string of the molecule is CCNC(=O)[C@H](C)N(Cc1ccccc1)C(=O)CN(c1ccccc1F)S(=O)(=O)N(C)C. The molecule has 10 heteroatoms. The highest BCUT2D eigenvalue weighted by Gasteiger charge is 2.33. The van der Waals surface area contributed by atoms with Gasteiger partial charge in [0.15, 0.2) is 0 Å². The van der Waals surface area contributed by atoms with Crippen molar-refractivity contribution in [1.82, 2.24) is 14.5 Å². The van der Waals surface area contributed by atoms with Gasteiger partial charge >= 0.3 is 10.2 Å². The van der Waals surface area contributed by atoms with E-state index in [2.05, 4.69) is 5.32 Å². The van der Waals surface area contributed by atoms with Crippen molar-refractivity contribution in [1.29, 1.82) is 0 Å². The smallest absolute Gasteiger partial charge is 0.304 e. The zero-order valence-corrected chi connectivity index (χ0v) is 19.5. The van der Waals surface area contributed by atoms with Gasteiger partial charge in [0.2, 0.25) is 11.8 Å². The molecule has 0 unspecified atom stereocenters. The van der Waals surface area contributed by atoms with Crippen molar-refractivity contribution in [2.45, 2.75) is 26.4 Å². The van der Waals surface area contributed by atoms with Gasteiger partial charge in [0.05, 0.1) is 5.69 Å². The topological polar surface area (TPSA) is 90.0 Å². The Morgan fingerprint density at radius 2 is 1.62 bits per heavy atom. The average molecular weight is 465 g/mol. The van der Waals surface area contributed by atoms with Crippen LogP contribution in [0.15, 0.2) is 54.6 Å². The summed E-state index contributed by atoms with van der Waals surface area (Å²) in [7, 11) is -1.60. The first kappa shape index (κ1) is 25.3. The quantitative estimate of drug-likeness (QED) is 0.582. The number of likely N-dealkylation sites (N-methyl/N-ethyl adjacent to an activating group) is 1. The number of para-hydroxylation sites is 1. The molecule has 8 nitrogen and oxygen atoms in total. The molecule has 0 spiro atoms. The molecule has 32 heavy (non-hydrogen) atoms. The normalized spacial score (nSPS) is 12.3. The molecule has 0 heterocycles. The standard InChI is InChI=1S/C22H29FN4O4S/c1-5-24-22(29)17(2)26(15-18-11-7-6-8-12-18)21(28)16-27(32(30,31)25(3)4)20-14-10-9-13-19(20)23/h6-14,17H,5,15-16H2,1-4H3,(H,24,29)/t17-/m0/s1. The second kappa shape index (κ2) is 11.1. The zero-order valence-electron chi connectivity index (χ0n) is 18.7. The van der Waals surface area contributed by atoms with Crippen LogP contribution in [0.1, 0.15) is 19.4 Å². The Bertz CT molecular complexity index is 1030. The van der Waals surface area contributed by atoms with Crippen molar-refractivity contribution in [3.05, 3.63) is 66.0 Å². The monoisotopic (exact) mass is 464 g/mol. The van der Waals surface area contributed by atoms with Gasteiger partial charge in [-0.1, -0.05) is 42.5 Å². The van der Waals surface area contributed by atoms with Crippen LogP contribution in [0.2, 0.25) is 0 Å². The number of carbonyl (C=O) groups excluding carboxylic acids is 2. The highest BCUT2D eigenvalue weighted by atomic mass is 32.2. The molecular formula is C22H29FN4O4S. The third-order valence-corrected chi connectivity index (χ3v) is 6.66. The molecule has 0 radical (unpaired) electrons. The van der Waals surface area contributed by atoms with Crippen LogP contribution >= 0.6 is 0 Å². The summed E-state index contributed by atoms with van der Waals surface area (Å²) in [6.07, 6.45) is 0. The second-order valence-electron chi connectivity index (χ2n) is 7.33. The van der Waals surface area contributed by atoms with Gasteiger partial charge in [-0.05, 0) is 31.5 Å². The maximum absolute atomic E-state index is 14.5. The summed E-state index contributed by atoms with van der Waals surface area (Å²) in [4.78, 5) is 27.1. The summed E-state index contributed by atoms with van der Waals surface area (Å²) in [5.41, 5.74) is 0.518. The van der Waals surface area contributed by atoms with Crippen LogP contribution in [0, 0.1) is 5.82 Å². The van der Waals surface area contributed by atoms with Crippen LogP contribution in [-0.2, 0) is 26.3 Å². The first-order valence-corrected chi connectivity index (χ1v) is 11.5. The largest absolute Gasteiger partial charge is 0.355 e. The number of rotatable bonds is 10. The minimum Gasteiger partial charge on any atom is -0.355 e. The number of amides is 2. The highest BCUT2D eigenvalue weighted by Crippen LogP contribution is 2.23. The van der Waals surface area contributed by atoms with Gasteiger partial charge in [0.25, 0.3) is 0 Å². The Kier molecular flexibility index (Phi) is 8.73. The Morgan fingerprint density at radius 1 is 1.03 bits per heavy atom. The Hall–Kier alpha value is -2.98. The molecule has 1 atom stereocenters. The third kappa shape index (κ3) is 6.04. The van der Waals surface area contributed by atoms with Gasteiger partial charge < -0.3 is 10.2 Å². The summed E-state index contributed by atoms with van der Waals surface area (Å²) in [5, 5.41) is 2.68. The molecule has 2 rings (SSSR count). The first-order chi connectivity index (χ1) is 15.1. The third-order valence-electron chi connectivity index (χ3n) is 4.85. The lowest BCUT2D eigenvalue weighted by molar-refractivity contribution is -0.139. The minimum absolute atomic E-state index is 0.0884. The van der Waals surface area contributed by atoms with Gasteiger partial charge in [-0.3, -0.25) is 9.59 Å². The predicted octanol–water partition coefficient (Wildman–Crippen LogP) is 1.99. The number of benzene rings is 2. The molecule has 0 aromatic heterocycles. The average Bonchev–Trinajstić information content (AvgIpc) is 2.76. The Labute approximate surface area is 188 Å². The van der Waals surface area contributed by atoms with Gasteiger partial charge in [0, 0.05) is 27.2 Å². The molecule has 0 aliphatic carbocycles. The Balaban J connectivity index is 2.44. The van der Waals surface area contributed by atoms with E-state index >= 15 is 0 Å². The Morgan fingerprint density at radius 3 is 2.19 bits per heavy atom. The van der Waals surface area contributed by atoms with E-state index in [4.69, 9.17) is 0 Å². The summed E-state index contributed by atoms with van der Waals surface area (Å²) in [6, 6.07) is 13.5. The maximum Gasteiger partial charge on any atom is 0.304 e. The van der Waals surface area contributed by atoms with Crippen LogP contribution in [0.25, 0.3) is 0 Å². The molecule has 0 bridgehead atoms. The van der Waals surface area contributed by atoms with E-state index in [-0.39, 0.29) is 18.1 Å². The van der Waals surface area contributed by atoms with Crippen molar-refractivity contribution in [3.8, 4) is 0 Å². The highest BCUT2D eigenvalue weighted by molar-refractivity contribution is 7.90. The van der Waals surface area contributed by atoms with Gasteiger partial charge in [-0.2, -0.15) is 12.7 Å². The van der Waals surface area contributed by atoms with E-state index in [9.17, 15) is 22.4 Å². The number of anilines is 1. The van der Waals surface area contributed by atoms with Crippen LogP contribution in [0.3, 0.4) is 0 Å². The van der Waals surface area contributed by atoms with Crippen molar-refractivity contribution < 1.29 is 22.4 Å². The van der Waals surface area contributed by atoms with E-state index < -0.39 is 34.5 Å². The number of nitrogens with zero attached hydrogens (tertiary/aromatic N) is 3. The van der Waals surface area contributed by atoms with Crippen LogP contribution in [-0.4, -0.2) is 62.7 Å². The van der Waals surface area contributed by atoms with Gasteiger partial charge in [0.1, 0.15) is 18.4 Å². The lowest BCUT2D eigenvalue weighted by atomic mass is 10.1. The van der Waals surface area contributed by atoms with E-state index in [0.29, 0.717) is 10.8 Å². The zero-order chi connectivity index (χ0) is 23.9. The molecule has 2 aromatic rings. The van der Waals surface area contributed by atoms with E-state index in [1.54, 1.807) is 38.1 Å². The van der Waals surface area contributed by atoms with Crippen LogP contribution in [0.4, 0.5) is 10.1 Å². The summed E-state index contributed by atoms with van der Waals surface area (Å²) < 4.78 is 42.0. The summed E-state index contributed by atoms with van der Waals surface area (Å²) >= 11 is 0. The fourth-order valence-corrected chi connectivity index (χ4v) is 4.10. The second-order valence-corrected chi connectivity index (χ2v) is 9.39. The number of nitrogens with one attached hydrogen (secondary N) is 1. The van der Waals surface area contributed by atoms with Crippen molar-refractivity contribution in [2.24, 2.45) is 0 Å². The van der Waals surface area contributed by atoms with E-state index in [1.807, 2.05) is 6.07 Å². The first-order valence-electron chi connectivity index (χ1n) is 10.1. The molecule has 0 fully saturated rings. The number of hydrogen-bond donors (Lipinski definition) is 1. The van der Waals surface area contributed by atoms with Crippen molar-refractivity contribution >= 4 is 27.7 Å². The molecule has 2 amide bonds. The van der Waals surface area contributed by atoms with Crippen LogP contribution in [0.5, 0.6) is 0 Å². The molecule has 174 valence electrons. The molecule has 1 N–H and O–H groups in total. The number of carbonyl (C=O) groups is 2. The molecule has 0 aliphatic rings. The fraction of sp³-hybridized carbons (Fsp3) is 0.364. The maximum atomic E-state index is 14.5. The predicted molar refractivity (Wildman–Crippen MR) is 121 cm³/mol. The molecule has 2 aromatic carbocycles. The lowest BCUT2D eigenvalue weighted by Gasteiger charge is -2.32.